The van der Waals surface area contributed by atoms with Crippen LogP contribution in [0, 0.1) is 0 Å². The second kappa shape index (κ2) is 5.58. The predicted molar refractivity (Wildman–Crippen MR) is 84.4 cm³/mol. The van der Waals surface area contributed by atoms with Crippen LogP contribution in [0.4, 0.5) is 0 Å². The average Bonchev–Trinajstić information content (AvgIpc) is 2.47. The van der Waals surface area contributed by atoms with Crippen molar-refractivity contribution >= 4 is 37.0 Å². The summed E-state index contributed by atoms with van der Waals surface area (Å²) in [5, 5.41) is 0.674. The standard InChI is InChI=1S/C15H9BrO5S/c16-11-3-6-13(7-4-11)22(18,19)21-12-5-1-10-2-8-15(17)20-14(10)9-12/h1-9H. The zero-order valence-corrected chi connectivity index (χ0v) is 13.4. The molecule has 0 aliphatic heterocycles. The zero-order chi connectivity index (χ0) is 15.7. The number of benzene rings is 2. The Hall–Kier alpha value is -2.12. The van der Waals surface area contributed by atoms with Crippen molar-refractivity contribution < 1.29 is 17.0 Å². The van der Waals surface area contributed by atoms with Crippen molar-refractivity contribution in [2.75, 3.05) is 0 Å². The maximum atomic E-state index is 12.2. The summed E-state index contributed by atoms with van der Waals surface area (Å²) in [5.41, 5.74) is -0.253. The van der Waals surface area contributed by atoms with Crippen LogP contribution in [-0.2, 0) is 10.1 Å². The van der Waals surface area contributed by atoms with E-state index in [9.17, 15) is 13.2 Å². The van der Waals surface area contributed by atoms with Crippen LogP contribution in [0.5, 0.6) is 5.75 Å². The van der Waals surface area contributed by atoms with Gasteiger partial charge >= 0.3 is 15.7 Å². The number of fused-ring (bicyclic) bond motifs is 1. The number of halogens is 1. The molecule has 0 unspecified atom stereocenters. The highest BCUT2D eigenvalue weighted by molar-refractivity contribution is 9.10. The molecule has 2 aromatic carbocycles. The van der Waals surface area contributed by atoms with Gasteiger partial charge in [0.15, 0.2) is 0 Å². The number of hydrogen-bond acceptors (Lipinski definition) is 5. The third-order valence-corrected chi connectivity index (χ3v) is 4.69. The smallest absolute Gasteiger partial charge is 0.339 e. The largest absolute Gasteiger partial charge is 0.423 e. The van der Waals surface area contributed by atoms with Gasteiger partial charge in [0, 0.05) is 22.0 Å². The van der Waals surface area contributed by atoms with E-state index in [4.69, 9.17) is 8.60 Å². The maximum absolute atomic E-state index is 12.2. The van der Waals surface area contributed by atoms with Crippen molar-refractivity contribution in [1.29, 1.82) is 0 Å². The molecule has 7 heteroatoms. The normalized spacial score (nSPS) is 11.5. The lowest BCUT2D eigenvalue weighted by Crippen LogP contribution is -2.09. The Balaban J connectivity index is 1.98. The van der Waals surface area contributed by atoms with E-state index in [1.54, 1.807) is 24.3 Å². The Morgan fingerprint density at radius 1 is 0.955 bits per heavy atom. The lowest BCUT2D eigenvalue weighted by atomic mass is 10.2. The van der Waals surface area contributed by atoms with Crippen molar-refractivity contribution in [3.05, 3.63) is 69.5 Å². The van der Waals surface area contributed by atoms with Crippen LogP contribution in [0.3, 0.4) is 0 Å². The van der Waals surface area contributed by atoms with Crippen molar-refractivity contribution in [2.24, 2.45) is 0 Å². The van der Waals surface area contributed by atoms with Gasteiger partial charge in [0.05, 0.1) is 0 Å². The second-order valence-corrected chi connectivity index (χ2v) is 6.91. The third kappa shape index (κ3) is 3.05. The van der Waals surface area contributed by atoms with Gasteiger partial charge in [-0.1, -0.05) is 15.9 Å². The van der Waals surface area contributed by atoms with Gasteiger partial charge in [-0.05, 0) is 42.5 Å². The van der Waals surface area contributed by atoms with Gasteiger partial charge in [0.1, 0.15) is 16.2 Å². The van der Waals surface area contributed by atoms with E-state index in [1.807, 2.05) is 0 Å². The Labute approximate surface area is 134 Å². The fourth-order valence-electron chi connectivity index (χ4n) is 1.87. The predicted octanol–water partition coefficient (Wildman–Crippen LogP) is 3.32. The van der Waals surface area contributed by atoms with Gasteiger partial charge in [-0.25, -0.2) is 4.79 Å². The first-order chi connectivity index (χ1) is 10.4. The van der Waals surface area contributed by atoms with Crippen molar-refractivity contribution in [3.8, 4) is 5.75 Å². The first-order valence-electron chi connectivity index (χ1n) is 6.18. The minimum absolute atomic E-state index is 0.0327. The molecule has 0 saturated heterocycles. The van der Waals surface area contributed by atoms with Gasteiger partial charge < -0.3 is 8.60 Å². The highest BCUT2D eigenvalue weighted by atomic mass is 79.9. The average molecular weight is 381 g/mol. The molecule has 0 saturated carbocycles. The molecular weight excluding hydrogens is 372 g/mol. The molecule has 112 valence electrons. The first-order valence-corrected chi connectivity index (χ1v) is 8.38. The Morgan fingerprint density at radius 3 is 2.36 bits per heavy atom. The highest BCUT2D eigenvalue weighted by Gasteiger charge is 2.16. The van der Waals surface area contributed by atoms with Crippen LogP contribution in [0.15, 0.2) is 73.2 Å². The van der Waals surface area contributed by atoms with Crippen molar-refractivity contribution in [3.63, 3.8) is 0 Å². The minimum Gasteiger partial charge on any atom is -0.423 e. The second-order valence-electron chi connectivity index (χ2n) is 4.45. The molecule has 0 aliphatic rings. The zero-order valence-electron chi connectivity index (χ0n) is 11.0. The quantitative estimate of drug-likeness (QED) is 0.514. The van der Waals surface area contributed by atoms with E-state index in [1.165, 1.54) is 30.3 Å². The Morgan fingerprint density at radius 2 is 1.64 bits per heavy atom. The van der Waals surface area contributed by atoms with Gasteiger partial charge in [0.25, 0.3) is 0 Å². The van der Waals surface area contributed by atoms with E-state index >= 15 is 0 Å². The summed E-state index contributed by atoms with van der Waals surface area (Å²) < 4.78 is 35.2. The monoisotopic (exact) mass is 380 g/mol. The molecule has 0 amide bonds. The van der Waals surface area contributed by atoms with Crippen LogP contribution in [-0.4, -0.2) is 8.42 Å². The molecule has 5 nitrogen and oxygen atoms in total. The lowest BCUT2D eigenvalue weighted by Gasteiger charge is -2.07. The molecule has 3 rings (SSSR count). The molecule has 0 spiro atoms. The molecule has 3 aromatic rings. The van der Waals surface area contributed by atoms with Crippen molar-refractivity contribution in [2.45, 2.75) is 4.90 Å². The van der Waals surface area contributed by atoms with Gasteiger partial charge in [-0.15, -0.1) is 0 Å². The van der Waals surface area contributed by atoms with Crippen LogP contribution in [0.2, 0.25) is 0 Å². The Kier molecular flexibility index (Phi) is 3.76. The molecule has 1 aromatic heterocycles. The van der Waals surface area contributed by atoms with Crippen LogP contribution in [0.1, 0.15) is 0 Å². The fraction of sp³-hybridized carbons (Fsp3) is 0. The SMILES string of the molecule is O=c1ccc2ccc(OS(=O)(=O)c3ccc(Br)cc3)cc2o1. The topological polar surface area (TPSA) is 73.6 Å². The van der Waals surface area contributed by atoms with Crippen molar-refractivity contribution in [1.82, 2.24) is 0 Å². The van der Waals surface area contributed by atoms with Crippen LogP contribution >= 0.6 is 15.9 Å². The number of rotatable bonds is 3. The van der Waals surface area contributed by atoms with Gasteiger partial charge in [-0.3, -0.25) is 0 Å². The first kappa shape index (κ1) is 14.8. The van der Waals surface area contributed by atoms with Crippen LogP contribution in [0.25, 0.3) is 11.0 Å². The molecule has 0 bridgehead atoms. The highest BCUT2D eigenvalue weighted by Crippen LogP contribution is 2.24. The summed E-state index contributed by atoms with van der Waals surface area (Å²) >= 11 is 3.24. The lowest BCUT2D eigenvalue weighted by molar-refractivity contribution is 0.485. The summed E-state index contributed by atoms with van der Waals surface area (Å²) in [5.74, 6) is 0.0739. The molecule has 0 atom stereocenters. The summed E-state index contributed by atoms with van der Waals surface area (Å²) in [6.07, 6.45) is 0. The Bertz CT molecular complexity index is 990. The van der Waals surface area contributed by atoms with E-state index in [0.717, 1.165) is 4.47 Å². The summed E-state index contributed by atoms with van der Waals surface area (Å²) in [6.45, 7) is 0. The maximum Gasteiger partial charge on any atom is 0.339 e. The van der Waals surface area contributed by atoms with E-state index in [-0.39, 0.29) is 16.2 Å². The summed E-state index contributed by atoms with van der Waals surface area (Å²) in [6, 6.07) is 13.4. The minimum atomic E-state index is -3.95. The van der Waals surface area contributed by atoms with E-state index < -0.39 is 15.7 Å². The molecule has 1 heterocycles. The van der Waals surface area contributed by atoms with Gasteiger partial charge in [-0.2, -0.15) is 8.42 Å². The molecule has 0 N–H and O–H groups in total. The van der Waals surface area contributed by atoms with E-state index in [2.05, 4.69) is 15.9 Å². The van der Waals surface area contributed by atoms with Gasteiger partial charge in [0.2, 0.25) is 0 Å². The molecule has 0 radical (unpaired) electrons. The third-order valence-electron chi connectivity index (χ3n) is 2.90. The molecule has 0 fully saturated rings. The summed E-state index contributed by atoms with van der Waals surface area (Å²) in [4.78, 5) is 11.2. The molecular formula is C15H9BrO5S. The van der Waals surface area contributed by atoms with Crippen LogP contribution < -0.4 is 9.81 Å². The fourth-order valence-corrected chi connectivity index (χ4v) is 3.06. The number of hydrogen-bond donors (Lipinski definition) is 0. The molecule has 0 aliphatic carbocycles. The molecule has 22 heavy (non-hydrogen) atoms. The summed E-state index contributed by atoms with van der Waals surface area (Å²) in [7, 11) is -3.95. The van der Waals surface area contributed by atoms with E-state index in [0.29, 0.717) is 5.39 Å².